The van der Waals surface area contributed by atoms with Gasteiger partial charge in [-0.3, -0.25) is 0 Å². The average molecular weight is 368 g/mol. The van der Waals surface area contributed by atoms with Gasteiger partial charge in [0.05, 0.1) is 0 Å². The summed E-state index contributed by atoms with van der Waals surface area (Å²) in [5.41, 5.74) is 6.49. The molecule has 23 heavy (non-hydrogen) atoms. The predicted molar refractivity (Wildman–Crippen MR) is 85.4 cm³/mol. The number of hydrogen-bond acceptors (Lipinski definition) is 3. The highest BCUT2D eigenvalue weighted by molar-refractivity contribution is 6.30. The molecular weight excluding hydrogens is 354 g/mol. The van der Waals surface area contributed by atoms with E-state index < -0.39 is 12.1 Å². The van der Waals surface area contributed by atoms with Crippen molar-refractivity contribution < 1.29 is 22.6 Å². The number of nitrogens with two attached hydrogens (primary N) is 1. The second kappa shape index (κ2) is 8.29. The van der Waals surface area contributed by atoms with Crippen LogP contribution < -0.4 is 15.2 Å². The molecule has 2 aromatic rings. The maximum atomic E-state index is 12.5. The smallest absolute Gasteiger partial charge is 0.488 e. The quantitative estimate of drug-likeness (QED) is 0.835. The van der Waals surface area contributed by atoms with E-state index in [4.69, 9.17) is 22.1 Å². The third-order valence-electron chi connectivity index (χ3n) is 2.70. The minimum Gasteiger partial charge on any atom is -0.488 e. The summed E-state index contributed by atoms with van der Waals surface area (Å²) in [7, 11) is 0. The van der Waals surface area contributed by atoms with E-state index in [1.807, 2.05) is 0 Å². The van der Waals surface area contributed by atoms with E-state index in [0.29, 0.717) is 16.1 Å². The molecule has 0 bridgehead atoms. The van der Waals surface area contributed by atoms with Crippen LogP contribution in [0.4, 0.5) is 13.2 Å². The zero-order valence-corrected chi connectivity index (χ0v) is 13.3. The number of hydrogen-bond donors (Lipinski definition) is 1. The summed E-state index contributed by atoms with van der Waals surface area (Å²) in [6, 6.07) is 11.1. The van der Waals surface area contributed by atoms with Crippen molar-refractivity contribution in [1.82, 2.24) is 0 Å². The predicted octanol–water partition coefficient (Wildman–Crippen LogP) is 4.66. The summed E-state index contributed by atoms with van der Waals surface area (Å²) in [5, 5.41) is 0.485. The first-order valence-electron chi connectivity index (χ1n) is 6.37. The summed E-state index contributed by atoms with van der Waals surface area (Å²) in [6.45, 7) is 0.270. The normalized spacial score (nSPS) is 10.8. The molecule has 2 aromatic carbocycles. The topological polar surface area (TPSA) is 44.5 Å². The molecule has 0 spiro atoms. The largest absolute Gasteiger partial charge is 0.573 e. The van der Waals surface area contributed by atoms with Crippen LogP contribution >= 0.6 is 24.0 Å². The van der Waals surface area contributed by atoms with Gasteiger partial charge in [-0.05, 0) is 35.4 Å². The Morgan fingerprint density at radius 3 is 2.30 bits per heavy atom. The molecule has 0 saturated heterocycles. The summed E-state index contributed by atoms with van der Waals surface area (Å²) in [6.07, 6.45) is -4.81. The second-order valence-electron chi connectivity index (χ2n) is 4.36. The zero-order valence-electron chi connectivity index (χ0n) is 11.8. The number of rotatable bonds is 5. The van der Waals surface area contributed by atoms with Crippen molar-refractivity contribution in [3.63, 3.8) is 0 Å². The second-order valence-corrected chi connectivity index (χ2v) is 4.79. The summed E-state index contributed by atoms with van der Waals surface area (Å²) in [4.78, 5) is 0. The molecule has 0 aromatic heterocycles. The van der Waals surface area contributed by atoms with Crippen molar-refractivity contribution in [3.05, 3.63) is 47.5 Å². The van der Waals surface area contributed by atoms with Gasteiger partial charge in [0.15, 0.2) is 11.5 Å². The number of ether oxygens (including phenoxy) is 2. The van der Waals surface area contributed by atoms with E-state index in [1.165, 1.54) is 12.1 Å². The molecule has 0 heterocycles. The van der Waals surface area contributed by atoms with Crippen LogP contribution in [-0.4, -0.2) is 19.5 Å². The van der Waals surface area contributed by atoms with Crippen molar-refractivity contribution in [3.8, 4) is 22.6 Å². The van der Waals surface area contributed by atoms with Crippen molar-refractivity contribution in [1.29, 1.82) is 0 Å². The minimum atomic E-state index is -4.81. The SMILES string of the molecule is Cl.NCCOc1ccc(-c2cccc(Cl)c2)cc1OC(F)(F)F. The Hall–Kier alpha value is -1.63. The maximum absolute atomic E-state index is 12.5. The van der Waals surface area contributed by atoms with Gasteiger partial charge in [0, 0.05) is 11.6 Å². The van der Waals surface area contributed by atoms with Gasteiger partial charge in [0.2, 0.25) is 0 Å². The zero-order chi connectivity index (χ0) is 16.2. The molecule has 0 atom stereocenters. The molecular formula is C15H14Cl2F3NO2. The molecule has 126 valence electrons. The van der Waals surface area contributed by atoms with Crippen LogP contribution in [0.1, 0.15) is 0 Å². The lowest BCUT2D eigenvalue weighted by Gasteiger charge is -2.15. The van der Waals surface area contributed by atoms with Gasteiger partial charge in [0.25, 0.3) is 0 Å². The first kappa shape index (κ1) is 19.4. The van der Waals surface area contributed by atoms with Crippen LogP contribution in [0.5, 0.6) is 11.5 Å². The van der Waals surface area contributed by atoms with E-state index in [2.05, 4.69) is 4.74 Å². The standard InChI is InChI=1S/C15H13ClF3NO2.ClH/c16-12-3-1-2-10(8-12)11-4-5-13(21-7-6-20)14(9-11)22-15(17,18)19;/h1-5,8-9H,6-7,20H2;1H. The van der Waals surface area contributed by atoms with Crippen LogP contribution in [-0.2, 0) is 0 Å². The molecule has 0 fully saturated rings. The lowest BCUT2D eigenvalue weighted by molar-refractivity contribution is -0.275. The fraction of sp³-hybridized carbons (Fsp3) is 0.200. The lowest BCUT2D eigenvalue weighted by atomic mass is 10.1. The van der Waals surface area contributed by atoms with Crippen LogP contribution in [0, 0.1) is 0 Å². The monoisotopic (exact) mass is 367 g/mol. The molecule has 3 nitrogen and oxygen atoms in total. The van der Waals surface area contributed by atoms with E-state index in [-0.39, 0.29) is 31.3 Å². The van der Waals surface area contributed by atoms with Gasteiger partial charge in [-0.25, -0.2) is 0 Å². The van der Waals surface area contributed by atoms with Crippen LogP contribution in [0.25, 0.3) is 11.1 Å². The lowest BCUT2D eigenvalue weighted by Crippen LogP contribution is -2.18. The average Bonchev–Trinajstić information content (AvgIpc) is 2.44. The van der Waals surface area contributed by atoms with Crippen molar-refractivity contribution in [2.75, 3.05) is 13.2 Å². The molecule has 2 rings (SSSR count). The third-order valence-corrected chi connectivity index (χ3v) is 2.94. The van der Waals surface area contributed by atoms with Gasteiger partial charge >= 0.3 is 6.36 Å². The highest BCUT2D eigenvalue weighted by Gasteiger charge is 2.32. The van der Waals surface area contributed by atoms with E-state index in [1.54, 1.807) is 30.3 Å². The molecule has 0 unspecified atom stereocenters. The molecule has 0 amide bonds. The number of alkyl halides is 3. The Morgan fingerprint density at radius 2 is 1.70 bits per heavy atom. The fourth-order valence-corrected chi connectivity index (χ4v) is 2.04. The molecule has 0 aliphatic carbocycles. The highest BCUT2D eigenvalue weighted by atomic mass is 35.5. The molecule has 0 aliphatic rings. The van der Waals surface area contributed by atoms with Crippen molar-refractivity contribution in [2.24, 2.45) is 5.73 Å². The summed E-state index contributed by atoms with van der Waals surface area (Å²) < 4.78 is 46.7. The Morgan fingerprint density at radius 1 is 1.00 bits per heavy atom. The molecule has 0 aliphatic heterocycles. The van der Waals surface area contributed by atoms with Crippen LogP contribution in [0.3, 0.4) is 0 Å². The van der Waals surface area contributed by atoms with E-state index in [9.17, 15) is 13.2 Å². The first-order chi connectivity index (χ1) is 10.4. The Bertz CT molecular complexity index is 651. The van der Waals surface area contributed by atoms with Gasteiger partial charge in [-0.2, -0.15) is 0 Å². The Labute approximate surface area is 142 Å². The van der Waals surface area contributed by atoms with Crippen LogP contribution in [0.2, 0.25) is 5.02 Å². The summed E-state index contributed by atoms with van der Waals surface area (Å²) in [5.74, 6) is -0.438. The molecule has 0 radical (unpaired) electrons. The highest BCUT2D eigenvalue weighted by Crippen LogP contribution is 2.36. The van der Waals surface area contributed by atoms with Gasteiger partial charge < -0.3 is 15.2 Å². The molecule has 2 N–H and O–H groups in total. The summed E-state index contributed by atoms with van der Waals surface area (Å²) >= 11 is 5.89. The third kappa shape index (κ3) is 5.82. The maximum Gasteiger partial charge on any atom is 0.573 e. The van der Waals surface area contributed by atoms with Crippen molar-refractivity contribution in [2.45, 2.75) is 6.36 Å². The van der Waals surface area contributed by atoms with Gasteiger partial charge in [-0.1, -0.05) is 29.8 Å². The fourth-order valence-electron chi connectivity index (χ4n) is 1.85. The van der Waals surface area contributed by atoms with E-state index in [0.717, 1.165) is 0 Å². The number of benzene rings is 2. The minimum absolute atomic E-state index is 0. The molecule has 0 saturated carbocycles. The van der Waals surface area contributed by atoms with Crippen molar-refractivity contribution >= 4 is 24.0 Å². The number of halogens is 5. The first-order valence-corrected chi connectivity index (χ1v) is 6.75. The Kier molecular flexibility index (Phi) is 7.00. The van der Waals surface area contributed by atoms with Crippen LogP contribution in [0.15, 0.2) is 42.5 Å². The van der Waals surface area contributed by atoms with E-state index >= 15 is 0 Å². The van der Waals surface area contributed by atoms with Gasteiger partial charge in [-0.15, -0.1) is 25.6 Å². The Balaban J connectivity index is 0.00000264. The molecule has 8 heteroatoms. The van der Waals surface area contributed by atoms with Gasteiger partial charge in [0.1, 0.15) is 6.61 Å².